The average Bonchev–Trinajstić information content (AvgIpc) is 3.19. The number of hydrogen-bond donors (Lipinski definition) is 0. The number of fused-ring (bicyclic) bond motifs is 1. The van der Waals surface area contributed by atoms with Gasteiger partial charge in [-0.1, -0.05) is 23.7 Å². The van der Waals surface area contributed by atoms with Crippen molar-refractivity contribution in [3.05, 3.63) is 62.5 Å². The minimum atomic E-state index is -0.258. The van der Waals surface area contributed by atoms with Crippen LogP contribution in [0.2, 0.25) is 5.02 Å². The molecule has 8 heteroatoms. The highest BCUT2D eigenvalue weighted by Crippen LogP contribution is 2.30. The second kappa shape index (κ2) is 7.07. The van der Waals surface area contributed by atoms with E-state index in [1.807, 2.05) is 42.5 Å². The van der Waals surface area contributed by atoms with Crippen LogP contribution in [0.3, 0.4) is 0 Å². The molecule has 1 aliphatic rings. The normalized spacial score (nSPS) is 17.4. The van der Waals surface area contributed by atoms with Crippen molar-refractivity contribution in [2.24, 2.45) is 0 Å². The topological polar surface area (TPSA) is 57.9 Å². The first-order chi connectivity index (χ1) is 13.0. The first-order valence-corrected chi connectivity index (χ1v) is 9.94. The highest BCUT2D eigenvalue weighted by Gasteiger charge is 2.36. The molecule has 27 heavy (non-hydrogen) atoms. The van der Waals surface area contributed by atoms with Crippen LogP contribution in [0.15, 0.2) is 40.5 Å². The predicted molar refractivity (Wildman–Crippen MR) is 108 cm³/mol. The molecule has 0 aliphatic carbocycles. The zero-order valence-electron chi connectivity index (χ0n) is 15.1. The second-order valence-corrected chi connectivity index (χ2v) is 7.99. The largest absolute Gasteiger partial charge is 0.310 e. The minimum Gasteiger partial charge on any atom is -0.310 e. The molecule has 0 bridgehead atoms. The van der Waals surface area contributed by atoms with Crippen LogP contribution >= 0.6 is 22.9 Å². The van der Waals surface area contributed by atoms with E-state index in [1.54, 1.807) is 21.4 Å². The van der Waals surface area contributed by atoms with Crippen molar-refractivity contribution in [2.75, 3.05) is 18.5 Å². The number of aryl methyl sites for hydroxylation is 1. The third kappa shape index (κ3) is 3.26. The number of benzene rings is 1. The number of nitrogens with zero attached hydrogens (tertiary/aromatic N) is 4. The average molecular weight is 403 g/mol. The number of carbonyl (C=O) groups is 1. The van der Waals surface area contributed by atoms with E-state index in [0.29, 0.717) is 35.2 Å². The Morgan fingerprint density at radius 2 is 2.11 bits per heavy atom. The van der Waals surface area contributed by atoms with E-state index < -0.39 is 0 Å². The minimum absolute atomic E-state index is 0.0235. The van der Waals surface area contributed by atoms with Gasteiger partial charge in [-0.3, -0.25) is 18.9 Å². The number of halogens is 1. The van der Waals surface area contributed by atoms with Gasteiger partial charge in [0.1, 0.15) is 0 Å². The van der Waals surface area contributed by atoms with E-state index in [1.165, 1.54) is 11.3 Å². The van der Waals surface area contributed by atoms with Crippen LogP contribution in [0.25, 0.3) is 4.96 Å². The van der Waals surface area contributed by atoms with Crippen LogP contribution in [-0.2, 0) is 11.3 Å². The van der Waals surface area contributed by atoms with E-state index in [0.717, 1.165) is 11.4 Å². The summed E-state index contributed by atoms with van der Waals surface area (Å²) < 4.78 is 1.61. The van der Waals surface area contributed by atoms with Crippen molar-refractivity contribution in [3.63, 3.8) is 0 Å². The standard InChI is InChI=1S/C19H19ClN4O2S/c1-12-11-27-19-21-13(9-17(25)24(12)19)10-22(2)16-7-8-23(18(16)26)15-6-4-3-5-14(15)20/h3-6,9,11,16H,7-8,10H2,1-2H3. The van der Waals surface area contributed by atoms with Crippen LogP contribution in [0, 0.1) is 6.92 Å². The zero-order valence-corrected chi connectivity index (χ0v) is 16.6. The molecular weight excluding hydrogens is 384 g/mol. The summed E-state index contributed by atoms with van der Waals surface area (Å²) in [6, 6.07) is 8.67. The number of amides is 1. The molecule has 1 aliphatic heterocycles. The van der Waals surface area contributed by atoms with Gasteiger partial charge in [-0.15, -0.1) is 11.3 Å². The van der Waals surface area contributed by atoms with Gasteiger partial charge < -0.3 is 4.90 Å². The lowest BCUT2D eigenvalue weighted by Crippen LogP contribution is -2.39. The molecule has 140 valence electrons. The Balaban J connectivity index is 1.54. The molecule has 0 saturated carbocycles. The molecule has 6 nitrogen and oxygen atoms in total. The number of likely N-dealkylation sites (N-methyl/N-ethyl adjacent to an activating group) is 1. The SMILES string of the molecule is Cc1csc2nc(CN(C)C3CCN(c4ccccc4Cl)C3=O)cc(=O)n12. The molecule has 1 fully saturated rings. The molecule has 4 rings (SSSR count). The van der Waals surface area contributed by atoms with Gasteiger partial charge in [0.15, 0.2) is 4.96 Å². The van der Waals surface area contributed by atoms with Crippen LogP contribution < -0.4 is 10.5 Å². The predicted octanol–water partition coefficient (Wildman–Crippen LogP) is 2.96. The molecule has 0 N–H and O–H groups in total. The first kappa shape index (κ1) is 18.2. The third-order valence-electron chi connectivity index (χ3n) is 4.89. The maximum Gasteiger partial charge on any atom is 0.259 e. The monoisotopic (exact) mass is 402 g/mol. The fourth-order valence-electron chi connectivity index (χ4n) is 3.53. The summed E-state index contributed by atoms with van der Waals surface area (Å²) in [5, 5.41) is 2.49. The van der Waals surface area contributed by atoms with E-state index in [-0.39, 0.29) is 17.5 Å². The van der Waals surface area contributed by atoms with Gasteiger partial charge in [-0.05, 0) is 32.5 Å². The Hall–Kier alpha value is -2.22. The quantitative estimate of drug-likeness (QED) is 0.673. The summed E-state index contributed by atoms with van der Waals surface area (Å²) >= 11 is 7.69. The van der Waals surface area contributed by atoms with Crippen molar-refractivity contribution >= 4 is 39.5 Å². The van der Waals surface area contributed by atoms with E-state index >= 15 is 0 Å². The van der Waals surface area contributed by atoms with Crippen molar-refractivity contribution < 1.29 is 4.79 Å². The molecule has 1 aromatic carbocycles. The molecule has 1 unspecified atom stereocenters. The van der Waals surface area contributed by atoms with Crippen LogP contribution in [0.1, 0.15) is 17.8 Å². The Labute approximate surface area is 165 Å². The first-order valence-electron chi connectivity index (χ1n) is 8.68. The fourth-order valence-corrected chi connectivity index (χ4v) is 4.66. The van der Waals surface area contributed by atoms with Gasteiger partial charge in [0, 0.05) is 30.2 Å². The number of para-hydroxylation sites is 1. The molecule has 1 amide bonds. The fraction of sp³-hybridized carbons (Fsp3) is 0.316. The summed E-state index contributed by atoms with van der Waals surface area (Å²) in [7, 11) is 1.89. The van der Waals surface area contributed by atoms with Crippen molar-refractivity contribution in [2.45, 2.75) is 25.9 Å². The van der Waals surface area contributed by atoms with Crippen LogP contribution in [0.4, 0.5) is 5.69 Å². The van der Waals surface area contributed by atoms with Crippen molar-refractivity contribution in [1.29, 1.82) is 0 Å². The summed E-state index contributed by atoms with van der Waals surface area (Å²) in [5.74, 6) is 0.0235. The lowest BCUT2D eigenvalue weighted by molar-refractivity contribution is -0.121. The molecule has 0 spiro atoms. The highest BCUT2D eigenvalue weighted by molar-refractivity contribution is 7.15. The smallest absolute Gasteiger partial charge is 0.259 e. The number of thiazole rings is 1. The summed E-state index contributed by atoms with van der Waals surface area (Å²) in [5.41, 5.74) is 2.21. The molecule has 1 saturated heterocycles. The highest BCUT2D eigenvalue weighted by atomic mass is 35.5. The Bertz CT molecular complexity index is 1080. The Morgan fingerprint density at radius 3 is 2.89 bits per heavy atom. The lowest BCUT2D eigenvalue weighted by atomic mass is 10.2. The molecule has 1 atom stereocenters. The molecule has 3 aromatic rings. The molecule has 0 radical (unpaired) electrons. The summed E-state index contributed by atoms with van der Waals surface area (Å²) in [6.07, 6.45) is 0.708. The third-order valence-corrected chi connectivity index (χ3v) is 6.16. The van der Waals surface area contributed by atoms with Gasteiger partial charge in [-0.25, -0.2) is 4.98 Å². The Kier molecular flexibility index (Phi) is 4.75. The van der Waals surface area contributed by atoms with E-state index in [9.17, 15) is 9.59 Å². The maximum atomic E-state index is 12.9. The van der Waals surface area contributed by atoms with Crippen LogP contribution in [-0.4, -0.2) is 39.8 Å². The molecule has 3 heterocycles. The number of rotatable bonds is 4. The maximum absolute atomic E-state index is 12.9. The van der Waals surface area contributed by atoms with Gasteiger partial charge in [-0.2, -0.15) is 0 Å². The second-order valence-electron chi connectivity index (χ2n) is 6.74. The number of hydrogen-bond acceptors (Lipinski definition) is 5. The van der Waals surface area contributed by atoms with E-state index in [2.05, 4.69) is 4.98 Å². The van der Waals surface area contributed by atoms with Gasteiger partial charge in [0.2, 0.25) is 5.91 Å². The molecule has 2 aromatic heterocycles. The Morgan fingerprint density at radius 1 is 1.33 bits per heavy atom. The van der Waals surface area contributed by atoms with Gasteiger partial charge in [0.25, 0.3) is 5.56 Å². The zero-order chi connectivity index (χ0) is 19.1. The van der Waals surface area contributed by atoms with E-state index in [4.69, 9.17) is 11.6 Å². The van der Waals surface area contributed by atoms with Gasteiger partial charge >= 0.3 is 0 Å². The lowest BCUT2D eigenvalue weighted by Gasteiger charge is -2.23. The molecular formula is C19H19ClN4O2S. The number of carbonyl (C=O) groups excluding carboxylic acids is 1. The summed E-state index contributed by atoms with van der Waals surface area (Å²) in [4.78, 5) is 34.2. The van der Waals surface area contributed by atoms with Crippen molar-refractivity contribution in [3.8, 4) is 0 Å². The number of anilines is 1. The number of aromatic nitrogens is 2. The van der Waals surface area contributed by atoms with Crippen LogP contribution in [0.5, 0.6) is 0 Å². The van der Waals surface area contributed by atoms with Gasteiger partial charge in [0.05, 0.1) is 22.4 Å². The summed E-state index contributed by atoms with van der Waals surface area (Å²) in [6.45, 7) is 2.95. The van der Waals surface area contributed by atoms with Crippen molar-refractivity contribution in [1.82, 2.24) is 14.3 Å².